The molecule has 0 saturated carbocycles. The summed E-state index contributed by atoms with van der Waals surface area (Å²) >= 11 is 0. The van der Waals surface area contributed by atoms with E-state index in [0.717, 1.165) is 18.2 Å². The lowest BCUT2D eigenvalue weighted by Gasteiger charge is -2.13. The summed E-state index contributed by atoms with van der Waals surface area (Å²) in [6, 6.07) is 6.10. The van der Waals surface area contributed by atoms with Gasteiger partial charge in [0.2, 0.25) is 0 Å². The Morgan fingerprint density at radius 1 is 1.05 bits per heavy atom. The monoisotopic (exact) mass is 295 g/mol. The first kappa shape index (κ1) is 15.4. The van der Waals surface area contributed by atoms with Crippen molar-refractivity contribution in [1.29, 1.82) is 0 Å². The molecular weight excluding hydrogens is 279 g/mol. The number of rotatable bonds is 5. The summed E-state index contributed by atoms with van der Waals surface area (Å²) < 4.78 is 46.6. The Hall–Kier alpha value is -2.01. The number of methoxy groups -OCH3 is 1. The number of nitrogens with one attached hydrogen (secondary N) is 1. The van der Waals surface area contributed by atoms with Crippen LogP contribution < -0.4 is 10.1 Å². The minimum absolute atomic E-state index is 0.0818. The number of hydrogen-bond donors (Lipinski definition) is 1. The van der Waals surface area contributed by atoms with E-state index in [4.69, 9.17) is 4.74 Å². The van der Waals surface area contributed by atoms with Crippen molar-refractivity contribution in [2.45, 2.75) is 13.5 Å². The van der Waals surface area contributed by atoms with Gasteiger partial charge < -0.3 is 10.1 Å². The molecule has 0 aliphatic rings. The van der Waals surface area contributed by atoms with E-state index in [9.17, 15) is 13.2 Å². The average molecular weight is 295 g/mol. The smallest absolute Gasteiger partial charge is 0.137 e. The minimum Gasteiger partial charge on any atom is -0.497 e. The molecule has 5 heteroatoms. The minimum atomic E-state index is -0.782. The Balaban J connectivity index is 2.57. The van der Waals surface area contributed by atoms with Crippen LogP contribution in [0.2, 0.25) is 0 Å². The SMILES string of the molecule is CCNCc1ccc(F)cc1-c1c(F)cc(OC)cc1F. The molecular formula is C16H16F3NO. The third-order valence-corrected chi connectivity index (χ3v) is 3.16. The molecule has 2 aromatic carbocycles. The third-order valence-electron chi connectivity index (χ3n) is 3.16. The summed E-state index contributed by atoms with van der Waals surface area (Å²) in [6.07, 6.45) is 0. The molecule has 2 nitrogen and oxygen atoms in total. The number of hydrogen-bond acceptors (Lipinski definition) is 2. The molecule has 2 rings (SSSR count). The Labute approximate surface area is 121 Å². The highest BCUT2D eigenvalue weighted by atomic mass is 19.1. The van der Waals surface area contributed by atoms with Gasteiger partial charge in [-0.2, -0.15) is 0 Å². The first-order valence-electron chi connectivity index (χ1n) is 6.59. The highest BCUT2D eigenvalue weighted by molar-refractivity contribution is 5.69. The van der Waals surface area contributed by atoms with Gasteiger partial charge in [0, 0.05) is 18.7 Å². The molecule has 0 aliphatic carbocycles. The van der Waals surface area contributed by atoms with Crippen molar-refractivity contribution in [2.75, 3.05) is 13.7 Å². The molecule has 0 bridgehead atoms. The summed E-state index contributed by atoms with van der Waals surface area (Å²) in [5.41, 5.74) is 0.582. The molecule has 0 unspecified atom stereocenters. The quantitative estimate of drug-likeness (QED) is 0.903. The predicted molar refractivity (Wildman–Crippen MR) is 75.7 cm³/mol. The summed E-state index contributed by atoms with van der Waals surface area (Å²) in [5, 5.41) is 3.06. The van der Waals surface area contributed by atoms with Crippen LogP contribution >= 0.6 is 0 Å². The van der Waals surface area contributed by atoms with Crippen LogP contribution in [0.25, 0.3) is 11.1 Å². The lowest BCUT2D eigenvalue weighted by molar-refractivity contribution is 0.407. The first-order valence-corrected chi connectivity index (χ1v) is 6.59. The Morgan fingerprint density at radius 3 is 2.29 bits per heavy atom. The van der Waals surface area contributed by atoms with E-state index in [1.54, 1.807) is 0 Å². The topological polar surface area (TPSA) is 21.3 Å². The maximum absolute atomic E-state index is 14.2. The van der Waals surface area contributed by atoms with Gasteiger partial charge in [-0.3, -0.25) is 0 Å². The van der Waals surface area contributed by atoms with Crippen LogP contribution in [0.3, 0.4) is 0 Å². The van der Waals surface area contributed by atoms with E-state index >= 15 is 0 Å². The first-order chi connectivity index (χ1) is 10.1. The van der Waals surface area contributed by atoms with Crippen molar-refractivity contribution in [3.05, 3.63) is 53.3 Å². The zero-order valence-corrected chi connectivity index (χ0v) is 11.8. The fraction of sp³-hybridized carbons (Fsp3) is 0.250. The summed E-state index contributed by atoms with van der Waals surface area (Å²) in [5.74, 6) is -2.02. The molecule has 0 amide bonds. The van der Waals surface area contributed by atoms with Gasteiger partial charge in [0.15, 0.2) is 0 Å². The van der Waals surface area contributed by atoms with Gasteiger partial charge in [-0.05, 0) is 29.8 Å². The van der Waals surface area contributed by atoms with E-state index in [0.29, 0.717) is 18.7 Å². The van der Waals surface area contributed by atoms with Gasteiger partial charge in [-0.15, -0.1) is 0 Å². The predicted octanol–water partition coefficient (Wildman–Crippen LogP) is 3.89. The maximum atomic E-state index is 14.2. The zero-order valence-electron chi connectivity index (χ0n) is 11.8. The molecule has 0 atom stereocenters. The molecule has 21 heavy (non-hydrogen) atoms. The molecule has 2 aromatic rings. The second-order valence-electron chi connectivity index (χ2n) is 4.55. The largest absolute Gasteiger partial charge is 0.497 e. The highest BCUT2D eigenvalue weighted by Crippen LogP contribution is 2.32. The van der Waals surface area contributed by atoms with Gasteiger partial charge in [-0.1, -0.05) is 13.0 Å². The fourth-order valence-electron chi connectivity index (χ4n) is 2.12. The van der Waals surface area contributed by atoms with E-state index in [1.807, 2.05) is 6.92 Å². The lowest BCUT2D eigenvalue weighted by Crippen LogP contribution is -2.13. The standard InChI is InChI=1S/C16H16F3NO/c1-3-20-9-10-4-5-11(17)6-13(10)16-14(18)7-12(21-2)8-15(16)19/h4-8,20H,3,9H2,1-2H3. The Kier molecular flexibility index (Phi) is 4.85. The molecule has 0 fully saturated rings. The average Bonchev–Trinajstić information content (AvgIpc) is 2.45. The van der Waals surface area contributed by atoms with E-state index in [2.05, 4.69) is 5.32 Å². The normalized spacial score (nSPS) is 10.7. The van der Waals surface area contributed by atoms with Crippen molar-refractivity contribution in [1.82, 2.24) is 5.32 Å². The third kappa shape index (κ3) is 3.36. The Bertz CT molecular complexity index is 620. The van der Waals surface area contributed by atoms with E-state index < -0.39 is 17.5 Å². The van der Waals surface area contributed by atoms with Crippen molar-refractivity contribution < 1.29 is 17.9 Å². The van der Waals surface area contributed by atoms with Crippen LogP contribution in [0.15, 0.2) is 30.3 Å². The highest BCUT2D eigenvalue weighted by Gasteiger charge is 2.17. The summed E-state index contributed by atoms with van der Waals surface area (Å²) in [7, 11) is 1.33. The number of ether oxygens (including phenoxy) is 1. The molecule has 0 saturated heterocycles. The van der Waals surface area contributed by atoms with Crippen molar-refractivity contribution >= 4 is 0 Å². The molecule has 112 valence electrons. The van der Waals surface area contributed by atoms with Crippen molar-refractivity contribution in [3.8, 4) is 16.9 Å². The molecule has 0 aliphatic heterocycles. The summed E-state index contributed by atoms with van der Waals surface area (Å²) in [6.45, 7) is 3.01. The number of benzene rings is 2. The van der Waals surface area contributed by atoms with Gasteiger partial charge >= 0.3 is 0 Å². The molecule has 0 spiro atoms. The second-order valence-corrected chi connectivity index (χ2v) is 4.55. The molecule has 0 radical (unpaired) electrons. The van der Waals surface area contributed by atoms with Crippen LogP contribution in [0.1, 0.15) is 12.5 Å². The van der Waals surface area contributed by atoms with Crippen LogP contribution in [0, 0.1) is 17.5 Å². The molecule has 1 N–H and O–H groups in total. The van der Waals surface area contributed by atoms with E-state index in [-0.39, 0.29) is 16.9 Å². The second kappa shape index (κ2) is 6.63. The summed E-state index contributed by atoms with van der Waals surface area (Å²) in [4.78, 5) is 0. The number of halogens is 3. The zero-order chi connectivity index (χ0) is 15.4. The molecule has 0 heterocycles. The van der Waals surface area contributed by atoms with Gasteiger partial charge in [0.1, 0.15) is 23.2 Å². The van der Waals surface area contributed by atoms with Crippen LogP contribution in [0.5, 0.6) is 5.75 Å². The van der Waals surface area contributed by atoms with E-state index in [1.165, 1.54) is 19.2 Å². The van der Waals surface area contributed by atoms with Gasteiger partial charge in [0.05, 0.1) is 12.7 Å². The van der Waals surface area contributed by atoms with Gasteiger partial charge in [0.25, 0.3) is 0 Å². The van der Waals surface area contributed by atoms with Crippen molar-refractivity contribution in [2.24, 2.45) is 0 Å². The van der Waals surface area contributed by atoms with Gasteiger partial charge in [-0.25, -0.2) is 13.2 Å². The van der Waals surface area contributed by atoms with Crippen molar-refractivity contribution in [3.63, 3.8) is 0 Å². The Morgan fingerprint density at radius 2 is 1.71 bits per heavy atom. The molecule has 0 aromatic heterocycles. The van der Waals surface area contributed by atoms with Crippen LogP contribution in [-0.4, -0.2) is 13.7 Å². The van der Waals surface area contributed by atoms with Crippen LogP contribution in [0.4, 0.5) is 13.2 Å². The maximum Gasteiger partial charge on any atom is 0.137 e. The fourth-order valence-corrected chi connectivity index (χ4v) is 2.12. The lowest BCUT2D eigenvalue weighted by atomic mass is 9.98. The van der Waals surface area contributed by atoms with Crippen LogP contribution in [-0.2, 0) is 6.54 Å².